The van der Waals surface area contributed by atoms with Crippen LogP contribution >= 0.6 is 0 Å². The van der Waals surface area contributed by atoms with Crippen molar-refractivity contribution in [2.45, 2.75) is 0 Å². The average molecular weight is 636 g/mol. The van der Waals surface area contributed by atoms with Crippen molar-refractivity contribution < 1.29 is 26.3 Å². The molecule has 3 aromatic carbocycles. The Kier molecular flexibility index (Phi) is 6.54. The minimum atomic E-state index is -0.873. The number of nitrogens with one attached hydrogen (secondary N) is 4. The Morgan fingerprint density at radius 3 is 1.13 bits per heavy atom. The van der Waals surface area contributed by atoms with E-state index in [1.807, 2.05) is 0 Å². The normalized spacial score (nSPS) is 11.6. The van der Waals surface area contributed by atoms with E-state index in [-0.39, 0.29) is 55.4 Å². The van der Waals surface area contributed by atoms with Crippen LogP contribution in [0.4, 0.5) is 26.3 Å². The van der Waals surface area contributed by atoms with E-state index in [1.54, 1.807) is 48.5 Å². The highest BCUT2D eigenvalue weighted by Gasteiger charge is 2.24. The number of H-pyrrole nitrogens is 4. The van der Waals surface area contributed by atoms with Crippen LogP contribution in [0.5, 0.6) is 0 Å². The molecule has 0 saturated carbocycles. The Hall–Kier alpha value is -6.03. The molecular weight excluding hydrogens is 614 g/mol. The lowest BCUT2D eigenvalue weighted by atomic mass is 10.0. The molecule has 8 rings (SSSR count). The van der Waals surface area contributed by atoms with Gasteiger partial charge in [-0.25, -0.2) is 17.6 Å². The molecule has 0 aliphatic heterocycles. The zero-order valence-corrected chi connectivity index (χ0v) is 24.1. The van der Waals surface area contributed by atoms with E-state index in [1.165, 1.54) is 18.2 Å². The molecule has 4 N–H and O–H groups in total. The van der Waals surface area contributed by atoms with Gasteiger partial charge in [-0.2, -0.15) is 8.78 Å². The zero-order valence-electron chi connectivity index (χ0n) is 24.1. The Labute approximate surface area is 261 Å². The second-order valence-corrected chi connectivity index (χ2v) is 11.1. The van der Waals surface area contributed by atoms with Gasteiger partial charge in [0, 0.05) is 51.9 Å². The SMILES string of the molecule is Fc1cccc(F)c1-c1c2ccc([nH]2)c(-c2c(F)cccc2F)c2ccc([nH]2)[c+](-c2c(F)cccc2F)c2ccc([nH]2)c2ccc1[nH]2. The maximum Gasteiger partial charge on any atom is 0.200 e. The molecule has 0 saturated heterocycles. The maximum atomic E-state index is 15.5. The fraction of sp³-hybridized carbons (Fsp3) is 0. The van der Waals surface area contributed by atoms with Crippen molar-refractivity contribution in [3.63, 3.8) is 0 Å². The highest BCUT2D eigenvalue weighted by atomic mass is 19.2. The van der Waals surface area contributed by atoms with Crippen LogP contribution in [-0.4, -0.2) is 19.9 Å². The van der Waals surface area contributed by atoms with E-state index in [9.17, 15) is 0 Å². The summed E-state index contributed by atoms with van der Waals surface area (Å²) in [7, 11) is 0. The predicted molar refractivity (Wildman–Crippen MR) is 172 cm³/mol. The number of rotatable bonds is 3. The number of fused-ring (bicyclic) bond motifs is 9. The molecule has 10 heteroatoms. The first-order valence-corrected chi connectivity index (χ1v) is 14.5. The molecule has 4 nitrogen and oxygen atoms in total. The van der Waals surface area contributed by atoms with E-state index >= 15 is 26.3 Å². The van der Waals surface area contributed by atoms with Crippen molar-refractivity contribution in [2.24, 2.45) is 0 Å². The second kappa shape index (κ2) is 10.8. The van der Waals surface area contributed by atoms with Crippen LogP contribution in [0.15, 0.2) is 103 Å². The largest absolute Gasteiger partial charge is 0.354 e. The second-order valence-electron chi connectivity index (χ2n) is 11.1. The van der Waals surface area contributed by atoms with Crippen LogP contribution in [-0.2, 0) is 0 Å². The minimum Gasteiger partial charge on any atom is -0.354 e. The summed E-state index contributed by atoms with van der Waals surface area (Å²) in [6.07, 6.45) is 0. The van der Waals surface area contributed by atoms with E-state index < -0.39 is 34.9 Å². The highest BCUT2D eigenvalue weighted by Crippen LogP contribution is 2.38. The molecule has 0 radical (unpaired) electrons. The van der Waals surface area contributed by atoms with E-state index in [2.05, 4.69) is 19.9 Å². The Morgan fingerprint density at radius 1 is 0.319 bits per heavy atom. The lowest BCUT2D eigenvalue weighted by Crippen LogP contribution is -1.92. The number of aromatic nitrogens is 4. The van der Waals surface area contributed by atoms with E-state index in [4.69, 9.17) is 0 Å². The molecule has 0 spiro atoms. The van der Waals surface area contributed by atoms with Gasteiger partial charge in [0.25, 0.3) is 0 Å². The number of hydrogen-bond donors (Lipinski definition) is 4. The van der Waals surface area contributed by atoms with Gasteiger partial charge in [-0.05, 0) is 66.7 Å². The minimum absolute atomic E-state index is 0.0361. The quantitative estimate of drug-likeness (QED) is 0.110. The van der Waals surface area contributed by atoms with Gasteiger partial charge in [0.1, 0.15) is 39.9 Å². The predicted octanol–water partition coefficient (Wildman–Crippen LogP) is 10.9. The number of aromatic amines is 4. The van der Waals surface area contributed by atoms with Gasteiger partial charge < -0.3 is 19.9 Å². The number of benzene rings is 3. The average Bonchev–Trinajstić information content (AvgIpc) is 3.86. The molecule has 0 unspecified atom stereocenters. The first-order chi connectivity index (χ1) is 22.8. The molecule has 230 valence electrons. The van der Waals surface area contributed by atoms with Gasteiger partial charge in [0.05, 0.1) is 27.7 Å². The van der Waals surface area contributed by atoms with Gasteiger partial charge in [0.2, 0.25) is 0 Å². The van der Waals surface area contributed by atoms with Crippen molar-refractivity contribution in [1.29, 1.82) is 0 Å². The Morgan fingerprint density at radius 2 is 0.638 bits per heavy atom. The molecule has 5 heterocycles. The maximum absolute atomic E-state index is 15.5. The topological polar surface area (TPSA) is 63.2 Å². The van der Waals surface area contributed by atoms with Crippen LogP contribution in [0, 0.1) is 34.9 Å². The summed E-state index contributed by atoms with van der Waals surface area (Å²) in [6.45, 7) is 0. The summed E-state index contributed by atoms with van der Waals surface area (Å²) < 4.78 is 92.5. The molecule has 47 heavy (non-hydrogen) atoms. The van der Waals surface area contributed by atoms with Crippen LogP contribution < -0.4 is 0 Å². The van der Waals surface area contributed by atoms with Crippen molar-refractivity contribution in [3.8, 4) is 33.4 Å². The summed E-state index contributed by atoms with van der Waals surface area (Å²) in [5.74, 6) is -5.04. The van der Waals surface area contributed by atoms with E-state index in [0.29, 0.717) is 22.1 Å². The smallest absolute Gasteiger partial charge is 0.200 e. The molecule has 8 aromatic rings. The summed E-state index contributed by atoms with van der Waals surface area (Å²) in [5.41, 5.74) is 1.85. The van der Waals surface area contributed by atoms with Crippen LogP contribution in [0.25, 0.3) is 77.5 Å². The standard InChI is InChI=1S/C37H21F6N4/c38-18-4-1-5-19(39)32(18)35-26-12-10-24(44-26)25-11-13-27(45-25)36(33-20(40)6-2-7-21(33)41)29-15-17-31(47-29)37(30-16-14-28(35)46-30)34-22(42)8-3-9-23(34)43/h1-17,44-47H/q+1. The summed E-state index contributed by atoms with van der Waals surface area (Å²) in [5, 5.41) is 0. The number of hydrogen-bond acceptors (Lipinski definition) is 0. The first kappa shape index (κ1) is 28.4. The van der Waals surface area contributed by atoms with Gasteiger partial charge in [-0.1, -0.05) is 12.1 Å². The third-order valence-electron chi connectivity index (χ3n) is 8.29. The lowest BCUT2D eigenvalue weighted by Gasteiger charge is -2.07. The van der Waals surface area contributed by atoms with Gasteiger partial charge >= 0.3 is 0 Å². The Balaban J connectivity index is 1.63. The fourth-order valence-corrected chi connectivity index (χ4v) is 6.22. The molecule has 0 amide bonds. The number of halogens is 6. The van der Waals surface area contributed by atoms with Crippen LogP contribution in [0.2, 0.25) is 0 Å². The molecule has 0 aliphatic rings. The van der Waals surface area contributed by atoms with Crippen LogP contribution in [0.3, 0.4) is 0 Å². The fourth-order valence-electron chi connectivity index (χ4n) is 6.22. The van der Waals surface area contributed by atoms with E-state index in [0.717, 1.165) is 36.4 Å². The van der Waals surface area contributed by atoms with Crippen molar-refractivity contribution in [1.82, 2.24) is 19.9 Å². The van der Waals surface area contributed by atoms with Crippen LogP contribution in [0.1, 0.15) is 0 Å². The summed E-state index contributed by atoms with van der Waals surface area (Å²) in [6, 6.07) is 23.4. The van der Waals surface area contributed by atoms with Gasteiger partial charge in [-0.3, -0.25) is 0 Å². The third-order valence-corrected chi connectivity index (χ3v) is 8.29. The highest BCUT2D eigenvalue weighted by molar-refractivity contribution is 6.01. The summed E-state index contributed by atoms with van der Waals surface area (Å²) >= 11 is 0. The monoisotopic (exact) mass is 635 g/mol. The summed E-state index contributed by atoms with van der Waals surface area (Å²) in [4.78, 5) is 12.7. The molecule has 5 aromatic heterocycles. The van der Waals surface area contributed by atoms with Crippen molar-refractivity contribution in [2.75, 3.05) is 0 Å². The van der Waals surface area contributed by atoms with Gasteiger partial charge in [0.15, 0.2) is 17.2 Å². The lowest BCUT2D eigenvalue weighted by molar-refractivity contribution is 0.589. The van der Waals surface area contributed by atoms with Crippen molar-refractivity contribution >= 4 is 44.1 Å². The third kappa shape index (κ3) is 4.60. The Bertz CT molecular complexity index is 2400. The van der Waals surface area contributed by atoms with Crippen molar-refractivity contribution in [3.05, 3.63) is 138 Å². The molecular formula is C37H21F6N4+. The van der Waals surface area contributed by atoms with Gasteiger partial charge in [-0.15, -0.1) is 0 Å². The molecule has 0 aliphatic carbocycles. The zero-order chi connectivity index (χ0) is 32.4. The molecule has 0 atom stereocenters. The molecule has 0 fully saturated rings. The first-order valence-electron chi connectivity index (χ1n) is 14.5. The molecule has 8 bridgehead atoms.